The Labute approximate surface area is 433 Å². The number of nitrogens with one attached hydrogen (secondary N) is 5. The van der Waals surface area contributed by atoms with Crippen molar-refractivity contribution in [2.24, 2.45) is 11.1 Å². The molecule has 0 saturated carbocycles. The molecule has 8 N–H and O–H groups in total. The minimum absolute atomic E-state index is 0.0306. The Kier molecular flexibility index (Phi) is 20.3. The molecule has 0 bridgehead atoms. The molecule has 1 aliphatic heterocycles. The SMILES string of the molecule is CCS(=O)(=O)Nc1ccc(-c2n[nH]c(Nc3ccnc(OCCCCCCCCCCCCCC(=O)N[C@H](C(=O)N4C[C@H](O)C[C@H]4C(=O)NCc4ccc(-c5scnc5C)cc4)C(C)(C)C)c3)c2C(N)=O)cc1. The summed E-state index contributed by atoms with van der Waals surface area (Å²) in [6.45, 7) is 10.0. The van der Waals surface area contributed by atoms with Gasteiger partial charge in [-0.2, -0.15) is 5.10 Å². The van der Waals surface area contributed by atoms with Crippen molar-refractivity contribution in [3.63, 3.8) is 0 Å². The molecule has 4 amide bonds. The molecule has 5 aromatic rings. The molecule has 0 unspecified atom stereocenters. The zero-order valence-electron chi connectivity index (χ0n) is 42.7. The number of likely N-dealkylation sites (tertiary alicyclic amines) is 1. The van der Waals surface area contributed by atoms with Crippen LogP contribution in [0.25, 0.3) is 21.7 Å². The first-order valence-electron chi connectivity index (χ1n) is 25.3. The van der Waals surface area contributed by atoms with E-state index in [0.717, 1.165) is 92.3 Å². The first-order chi connectivity index (χ1) is 34.9. The van der Waals surface area contributed by atoms with Gasteiger partial charge in [0.15, 0.2) is 0 Å². The molecule has 0 radical (unpaired) electrons. The van der Waals surface area contributed by atoms with Crippen molar-refractivity contribution in [2.75, 3.05) is 28.9 Å². The number of primary amides is 1. The summed E-state index contributed by atoms with van der Waals surface area (Å²) in [5, 5.41) is 26.8. The summed E-state index contributed by atoms with van der Waals surface area (Å²) in [5.74, 6) is -0.898. The highest BCUT2D eigenvalue weighted by Gasteiger charge is 2.44. The molecule has 73 heavy (non-hydrogen) atoms. The standard InChI is InChI=1S/C53H72N10O8S2/c1-6-73(69,70)62-39-25-23-37(24-26-39)46-45(49(54)66)50(61-60-46)58-40-27-28-55-44(30-40)71-29-17-15-13-11-9-7-8-10-12-14-16-18-43(65)59-48(53(3,4)5)52(68)63-33-41(64)31-42(63)51(67)56-32-36-19-21-38(22-20-36)47-35(2)57-34-72-47/h19-28,30,34,41-42,48,62,64H,6-18,29,31-33H2,1-5H3,(H2,54,66)(H,56,67)(H,59,65)(H2,55,58,60,61)/t41-,42+,48-/m1/s1. The van der Waals surface area contributed by atoms with Crippen LogP contribution in [0.1, 0.15) is 133 Å². The van der Waals surface area contributed by atoms with Crippen LogP contribution in [0, 0.1) is 12.3 Å². The van der Waals surface area contributed by atoms with Crippen molar-refractivity contribution in [2.45, 2.75) is 143 Å². The second-order valence-electron chi connectivity index (χ2n) is 19.7. The topological polar surface area (TPSA) is 264 Å². The highest BCUT2D eigenvalue weighted by Crippen LogP contribution is 2.32. The number of thiazole rings is 1. The number of ether oxygens (including phenoxy) is 1. The number of rotatable bonds is 28. The third-order valence-corrected chi connectivity index (χ3v) is 15.1. The molecule has 0 spiro atoms. The van der Waals surface area contributed by atoms with Crippen LogP contribution in [0.3, 0.4) is 0 Å². The van der Waals surface area contributed by atoms with Gasteiger partial charge in [0.2, 0.25) is 33.6 Å². The molecule has 20 heteroatoms. The monoisotopic (exact) mass is 1040 g/mol. The summed E-state index contributed by atoms with van der Waals surface area (Å²) >= 11 is 1.58. The third kappa shape index (κ3) is 16.6. The first-order valence-corrected chi connectivity index (χ1v) is 27.9. The van der Waals surface area contributed by atoms with E-state index in [1.54, 1.807) is 60.9 Å². The number of pyridine rings is 1. The van der Waals surface area contributed by atoms with Crippen LogP contribution in [0.15, 0.2) is 72.4 Å². The van der Waals surface area contributed by atoms with E-state index < -0.39 is 39.5 Å². The molecule has 1 aliphatic rings. The summed E-state index contributed by atoms with van der Waals surface area (Å²) in [7, 11) is -3.44. The number of aromatic nitrogens is 4. The van der Waals surface area contributed by atoms with Crippen LogP contribution in [0.4, 0.5) is 17.2 Å². The Hall–Kier alpha value is -6.38. The number of amides is 4. The number of hydrogen-bond acceptors (Lipinski definition) is 13. The van der Waals surface area contributed by atoms with Gasteiger partial charge in [0, 0.05) is 55.1 Å². The number of aliphatic hydroxyl groups excluding tert-OH is 1. The number of aryl methyl sites for hydroxylation is 1. The lowest BCUT2D eigenvalue weighted by atomic mass is 9.85. The summed E-state index contributed by atoms with van der Waals surface area (Å²) in [6, 6.07) is 16.2. The highest BCUT2D eigenvalue weighted by molar-refractivity contribution is 7.92. The van der Waals surface area contributed by atoms with Gasteiger partial charge in [0.1, 0.15) is 29.2 Å². The Bertz CT molecular complexity index is 2720. The summed E-state index contributed by atoms with van der Waals surface area (Å²) in [6.07, 6.45) is 12.6. The van der Waals surface area contributed by atoms with E-state index in [1.807, 2.05) is 57.5 Å². The average Bonchev–Trinajstić information content (AvgIpc) is 4.10. The molecule has 394 valence electrons. The van der Waals surface area contributed by atoms with Crippen molar-refractivity contribution < 1.29 is 37.4 Å². The molecule has 1 saturated heterocycles. The van der Waals surface area contributed by atoms with Crippen molar-refractivity contribution in [1.82, 2.24) is 35.7 Å². The number of aliphatic hydroxyl groups is 1. The number of benzene rings is 2. The predicted molar refractivity (Wildman–Crippen MR) is 286 cm³/mol. The predicted octanol–water partition coefficient (Wildman–Crippen LogP) is 8.38. The minimum Gasteiger partial charge on any atom is -0.478 e. The van der Waals surface area contributed by atoms with E-state index in [1.165, 1.54) is 4.90 Å². The number of β-amino-alcohol motifs (C(OH)–C–C–N with tert-alkyl or cyclic N) is 1. The Morgan fingerprint density at radius 2 is 1.53 bits per heavy atom. The number of nitrogens with zero attached hydrogens (tertiary/aromatic N) is 4. The summed E-state index contributed by atoms with van der Waals surface area (Å²) in [5.41, 5.74) is 12.0. The fourth-order valence-electron chi connectivity index (χ4n) is 8.71. The molecular formula is C53H72N10O8S2. The highest BCUT2D eigenvalue weighted by atomic mass is 32.2. The number of sulfonamides is 1. The number of anilines is 3. The van der Waals surface area contributed by atoms with Crippen LogP contribution >= 0.6 is 11.3 Å². The van der Waals surface area contributed by atoms with Crippen LogP contribution < -0.4 is 31.1 Å². The van der Waals surface area contributed by atoms with Gasteiger partial charge in [0.25, 0.3) is 5.91 Å². The number of unbranched alkanes of at least 4 members (excludes halogenated alkanes) is 10. The molecule has 3 atom stereocenters. The molecule has 18 nitrogen and oxygen atoms in total. The maximum Gasteiger partial charge on any atom is 0.254 e. The second-order valence-corrected chi connectivity index (χ2v) is 22.6. The number of carbonyl (C=O) groups is 4. The molecule has 6 rings (SSSR count). The maximum absolute atomic E-state index is 14.0. The number of hydrogen-bond donors (Lipinski definition) is 7. The number of nitrogens with two attached hydrogens (primary N) is 1. The zero-order valence-corrected chi connectivity index (χ0v) is 44.3. The van der Waals surface area contributed by atoms with E-state index in [-0.39, 0.29) is 48.5 Å². The van der Waals surface area contributed by atoms with E-state index in [0.29, 0.717) is 47.4 Å². The number of H-pyrrole nitrogens is 1. The summed E-state index contributed by atoms with van der Waals surface area (Å²) < 4.78 is 32.3. The quantitative estimate of drug-likeness (QED) is 0.0233. The molecule has 0 aliphatic carbocycles. The first kappa shape index (κ1) is 55.9. The van der Waals surface area contributed by atoms with Crippen LogP contribution in [0.5, 0.6) is 5.88 Å². The van der Waals surface area contributed by atoms with E-state index in [4.69, 9.17) is 10.5 Å². The normalized spacial score (nSPS) is 15.2. The smallest absolute Gasteiger partial charge is 0.254 e. The third-order valence-electron chi connectivity index (χ3n) is 12.8. The Balaban J connectivity index is 0.817. The van der Waals surface area contributed by atoms with Gasteiger partial charge in [0.05, 0.1) is 34.5 Å². The van der Waals surface area contributed by atoms with E-state index in [9.17, 15) is 32.7 Å². The van der Waals surface area contributed by atoms with Crippen molar-refractivity contribution in [3.05, 3.63) is 89.2 Å². The van der Waals surface area contributed by atoms with Gasteiger partial charge in [-0.15, -0.1) is 11.3 Å². The van der Waals surface area contributed by atoms with Gasteiger partial charge < -0.3 is 36.4 Å². The van der Waals surface area contributed by atoms with E-state index >= 15 is 0 Å². The molecule has 2 aromatic carbocycles. The van der Waals surface area contributed by atoms with Crippen molar-refractivity contribution >= 4 is 62.2 Å². The van der Waals surface area contributed by atoms with Crippen LogP contribution in [-0.2, 0) is 31.0 Å². The van der Waals surface area contributed by atoms with Crippen LogP contribution in [-0.4, -0.2) is 99.3 Å². The lowest BCUT2D eigenvalue weighted by Gasteiger charge is -2.35. The van der Waals surface area contributed by atoms with Gasteiger partial charge in [-0.05, 0) is 61.4 Å². The Morgan fingerprint density at radius 1 is 0.890 bits per heavy atom. The maximum atomic E-state index is 14.0. The second kappa shape index (κ2) is 26.5. The van der Waals surface area contributed by atoms with Gasteiger partial charge in [-0.3, -0.25) is 29.0 Å². The lowest BCUT2D eigenvalue weighted by Crippen LogP contribution is -2.57. The number of carbonyl (C=O) groups excluding carboxylic acids is 4. The van der Waals surface area contributed by atoms with Gasteiger partial charge in [-0.1, -0.05) is 115 Å². The van der Waals surface area contributed by atoms with Gasteiger partial charge >= 0.3 is 0 Å². The molecular weight excluding hydrogens is 969 g/mol. The summed E-state index contributed by atoms with van der Waals surface area (Å²) in [4.78, 5) is 64.3. The fourth-order valence-corrected chi connectivity index (χ4v) is 10.2. The minimum atomic E-state index is -3.44. The largest absolute Gasteiger partial charge is 0.478 e. The van der Waals surface area contributed by atoms with Crippen molar-refractivity contribution in [3.8, 4) is 27.6 Å². The molecule has 1 fully saturated rings. The average molecular weight is 1040 g/mol. The fraction of sp³-hybridized carbons (Fsp3) is 0.491. The van der Waals surface area contributed by atoms with Crippen LogP contribution in [0.2, 0.25) is 0 Å². The Morgan fingerprint density at radius 3 is 2.15 bits per heavy atom. The zero-order chi connectivity index (χ0) is 52.5. The number of aromatic amines is 1. The molecule has 3 aromatic heterocycles. The van der Waals surface area contributed by atoms with Crippen molar-refractivity contribution in [1.29, 1.82) is 0 Å². The van der Waals surface area contributed by atoms with E-state index in [2.05, 4.69) is 40.8 Å². The molecule has 4 heterocycles. The lowest BCUT2D eigenvalue weighted by molar-refractivity contribution is -0.144. The van der Waals surface area contributed by atoms with Gasteiger partial charge in [-0.25, -0.2) is 18.4 Å².